The second-order valence-corrected chi connectivity index (χ2v) is 8.03. The van der Waals surface area contributed by atoms with Gasteiger partial charge < -0.3 is 4.42 Å². The van der Waals surface area contributed by atoms with E-state index in [1.54, 1.807) is 0 Å². The first kappa shape index (κ1) is 16.7. The molecule has 4 nitrogen and oxygen atoms in total. The van der Waals surface area contributed by atoms with Crippen LogP contribution in [0.25, 0.3) is 33.3 Å². The van der Waals surface area contributed by atoms with Crippen LogP contribution in [0.5, 0.6) is 0 Å². The fourth-order valence-corrected chi connectivity index (χ4v) is 3.03. The van der Waals surface area contributed by atoms with E-state index in [2.05, 4.69) is 46.8 Å². The quantitative estimate of drug-likeness (QED) is 0.456. The molecule has 26 heavy (non-hydrogen) atoms. The minimum absolute atomic E-state index is 0.150. The third kappa shape index (κ3) is 2.75. The molecule has 0 atom stereocenters. The maximum Gasteiger partial charge on any atom is 0.167 e. The third-order valence-electron chi connectivity index (χ3n) is 4.49. The standard InChI is InChI=1S/C22H23N3O/c1-13(2)19-23-20(25-21(24-19)22(3,4)5)16-11-8-10-15-14-9-6-7-12-17(14)26-18(15)16/h6-13H,1-5H3. The van der Waals surface area contributed by atoms with E-state index in [-0.39, 0.29) is 11.3 Å². The minimum atomic E-state index is -0.150. The van der Waals surface area contributed by atoms with E-state index in [0.717, 1.165) is 39.2 Å². The number of hydrogen-bond donors (Lipinski definition) is 0. The second kappa shape index (κ2) is 5.90. The number of fused-ring (bicyclic) bond motifs is 3. The van der Waals surface area contributed by atoms with Crippen LogP contribution < -0.4 is 0 Å². The maximum atomic E-state index is 6.16. The molecule has 0 bridgehead atoms. The Morgan fingerprint density at radius 1 is 0.846 bits per heavy atom. The molecule has 0 spiro atoms. The van der Waals surface area contributed by atoms with Gasteiger partial charge in [-0.3, -0.25) is 0 Å². The molecule has 0 amide bonds. The zero-order valence-corrected chi connectivity index (χ0v) is 15.9. The summed E-state index contributed by atoms with van der Waals surface area (Å²) < 4.78 is 6.16. The molecule has 0 aliphatic carbocycles. The first-order valence-corrected chi connectivity index (χ1v) is 9.01. The second-order valence-electron chi connectivity index (χ2n) is 8.03. The molecule has 0 unspecified atom stereocenters. The summed E-state index contributed by atoms with van der Waals surface area (Å²) in [5.74, 6) is 2.53. The zero-order chi connectivity index (χ0) is 18.5. The predicted molar refractivity (Wildman–Crippen MR) is 105 cm³/mol. The summed E-state index contributed by atoms with van der Waals surface area (Å²) in [6, 6.07) is 14.2. The van der Waals surface area contributed by atoms with E-state index in [4.69, 9.17) is 19.4 Å². The van der Waals surface area contributed by atoms with Gasteiger partial charge in [0, 0.05) is 22.1 Å². The van der Waals surface area contributed by atoms with Crippen molar-refractivity contribution in [1.29, 1.82) is 0 Å². The summed E-state index contributed by atoms with van der Waals surface area (Å²) >= 11 is 0. The van der Waals surface area contributed by atoms with Gasteiger partial charge in [-0.1, -0.05) is 65.0 Å². The van der Waals surface area contributed by atoms with Crippen LogP contribution in [0.2, 0.25) is 0 Å². The van der Waals surface area contributed by atoms with Gasteiger partial charge in [-0.05, 0) is 12.1 Å². The fourth-order valence-electron chi connectivity index (χ4n) is 3.03. The lowest BCUT2D eigenvalue weighted by Gasteiger charge is -2.19. The van der Waals surface area contributed by atoms with Crippen LogP contribution >= 0.6 is 0 Å². The van der Waals surface area contributed by atoms with Gasteiger partial charge in [0.25, 0.3) is 0 Å². The van der Waals surface area contributed by atoms with E-state index >= 15 is 0 Å². The van der Waals surface area contributed by atoms with E-state index < -0.39 is 0 Å². The van der Waals surface area contributed by atoms with Gasteiger partial charge in [0.15, 0.2) is 5.82 Å². The monoisotopic (exact) mass is 345 g/mol. The normalized spacial score (nSPS) is 12.4. The number of rotatable bonds is 2. The molecule has 0 aliphatic rings. The molecular weight excluding hydrogens is 322 g/mol. The van der Waals surface area contributed by atoms with Gasteiger partial charge >= 0.3 is 0 Å². The van der Waals surface area contributed by atoms with Crippen molar-refractivity contribution in [2.75, 3.05) is 0 Å². The Labute approximate surface area is 153 Å². The Morgan fingerprint density at radius 2 is 1.58 bits per heavy atom. The van der Waals surface area contributed by atoms with E-state index in [0.29, 0.717) is 5.82 Å². The van der Waals surface area contributed by atoms with Crippen LogP contribution in [0.1, 0.15) is 52.2 Å². The molecule has 0 saturated heterocycles. The Bertz CT molecular complexity index is 1100. The molecule has 0 N–H and O–H groups in total. The van der Waals surface area contributed by atoms with Crippen molar-refractivity contribution in [2.45, 2.75) is 46.0 Å². The van der Waals surface area contributed by atoms with Crippen LogP contribution in [-0.2, 0) is 5.41 Å². The molecule has 0 saturated carbocycles. The summed E-state index contributed by atoms with van der Waals surface area (Å²) in [6.45, 7) is 10.6. The molecule has 0 radical (unpaired) electrons. The van der Waals surface area contributed by atoms with Gasteiger partial charge in [-0.2, -0.15) is 0 Å². The smallest absolute Gasteiger partial charge is 0.167 e. The number of benzene rings is 2. The van der Waals surface area contributed by atoms with E-state index in [1.165, 1.54) is 0 Å². The number of para-hydroxylation sites is 2. The van der Waals surface area contributed by atoms with Crippen molar-refractivity contribution in [3.63, 3.8) is 0 Å². The van der Waals surface area contributed by atoms with Crippen LogP contribution in [0.4, 0.5) is 0 Å². The highest BCUT2D eigenvalue weighted by atomic mass is 16.3. The first-order valence-electron chi connectivity index (χ1n) is 9.01. The van der Waals surface area contributed by atoms with Crippen molar-refractivity contribution in [3.05, 3.63) is 54.1 Å². The lowest BCUT2D eigenvalue weighted by molar-refractivity contribution is 0.533. The molecule has 2 aromatic carbocycles. The molecule has 132 valence electrons. The highest BCUT2D eigenvalue weighted by molar-refractivity contribution is 6.08. The number of aromatic nitrogens is 3. The highest BCUT2D eigenvalue weighted by Crippen LogP contribution is 2.35. The van der Waals surface area contributed by atoms with Crippen LogP contribution in [0, 0.1) is 0 Å². The fraction of sp³-hybridized carbons (Fsp3) is 0.318. The van der Waals surface area contributed by atoms with E-state index in [1.807, 2.05) is 30.3 Å². The van der Waals surface area contributed by atoms with E-state index in [9.17, 15) is 0 Å². The van der Waals surface area contributed by atoms with Crippen LogP contribution in [-0.4, -0.2) is 15.0 Å². The Balaban J connectivity index is 2.02. The SMILES string of the molecule is CC(C)c1nc(-c2cccc3c2oc2ccccc23)nc(C(C)(C)C)n1. The van der Waals surface area contributed by atoms with Crippen molar-refractivity contribution in [2.24, 2.45) is 0 Å². The van der Waals surface area contributed by atoms with Gasteiger partial charge in [-0.15, -0.1) is 0 Å². The molecule has 0 aliphatic heterocycles. The lowest BCUT2D eigenvalue weighted by Crippen LogP contribution is -2.19. The Morgan fingerprint density at radius 3 is 2.31 bits per heavy atom. The van der Waals surface area contributed by atoms with Gasteiger partial charge in [0.1, 0.15) is 22.8 Å². The molecule has 2 aromatic heterocycles. The van der Waals surface area contributed by atoms with Crippen molar-refractivity contribution in [3.8, 4) is 11.4 Å². The predicted octanol–water partition coefficient (Wildman–Crippen LogP) is 5.86. The maximum absolute atomic E-state index is 6.16. The molecule has 4 heteroatoms. The number of furan rings is 1. The molecule has 2 heterocycles. The molecule has 4 rings (SSSR count). The van der Waals surface area contributed by atoms with Crippen molar-refractivity contribution < 1.29 is 4.42 Å². The molecule has 4 aromatic rings. The highest BCUT2D eigenvalue weighted by Gasteiger charge is 2.22. The van der Waals surface area contributed by atoms with Crippen LogP contribution in [0.3, 0.4) is 0 Å². The first-order chi connectivity index (χ1) is 12.3. The van der Waals surface area contributed by atoms with Crippen molar-refractivity contribution in [1.82, 2.24) is 15.0 Å². The summed E-state index contributed by atoms with van der Waals surface area (Å²) in [5, 5.41) is 2.19. The number of hydrogen-bond acceptors (Lipinski definition) is 4. The van der Waals surface area contributed by atoms with Crippen molar-refractivity contribution >= 4 is 21.9 Å². The summed E-state index contributed by atoms with van der Waals surface area (Å²) in [4.78, 5) is 14.2. The van der Waals surface area contributed by atoms with Gasteiger partial charge in [0.2, 0.25) is 0 Å². The largest absolute Gasteiger partial charge is 0.455 e. The molecule has 0 fully saturated rings. The minimum Gasteiger partial charge on any atom is -0.455 e. The third-order valence-corrected chi connectivity index (χ3v) is 4.49. The Kier molecular flexibility index (Phi) is 3.79. The molecular formula is C22H23N3O. The zero-order valence-electron chi connectivity index (χ0n) is 15.9. The van der Waals surface area contributed by atoms with Crippen LogP contribution in [0.15, 0.2) is 46.9 Å². The summed E-state index contributed by atoms with van der Waals surface area (Å²) in [6.07, 6.45) is 0. The Hall–Kier alpha value is -2.75. The lowest BCUT2D eigenvalue weighted by atomic mass is 9.95. The average Bonchev–Trinajstić information content (AvgIpc) is 2.99. The van der Waals surface area contributed by atoms with Gasteiger partial charge in [0.05, 0.1) is 5.56 Å². The summed E-state index contributed by atoms with van der Waals surface area (Å²) in [7, 11) is 0. The topological polar surface area (TPSA) is 51.8 Å². The summed E-state index contributed by atoms with van der Waals surface area (Å²) in [5.41, 5.74) is 2.47. The average molecular weight is 345 g/mol. The number of nitrogens with zero attached hydrogens (tertiary/aromatic N) is 3. The van der Waals surface area contributed by atoms with Gasteiger partial charge in [-0.25, -0.2) is 15.0 Å².